The maximum Gasteiger partial charge on any atom is 0.412 e. The van der Waals surface area contributed by atoms with Crippen LogP contribution < -0.4 is 0 Å². The first kappa shape index (κ1) is 8.33. The largest absolute Gasteiger partial charge is 0.501 e. The van der Waals surface area contributed by atoms with Crippen LogP contribution in [0, 0.1) is 0 Å². The van der Waals surface area contributed by atoms with Crippen molar-refractivity contribution in [3.05, 3.63) is 12.3 Å². The van der Waals surface area contributed by atoms with Crippen LogP contribution in [0.25, 0.3) is 0 Å². The van der Waals surface area contributed by atoms with Crippen LogP contribution in [0.3, 0.4) is 0 Å². The van der Waals surface area contributed by atoms with Crippen LogP contribution in [0.15, 0.2) is 12.3 Å². The second-order valence-corrected chi connectivity index (χ2v) is 1.30. The molecule has 0 atom stereocenters. The molecule has 0 aliphatic carbocycles. The molecule has 0 fully saturated rings. The molecule has 0 heterocycles. The standard InChI is InChI=1S/C5H7F3O/c1-2-9-4-3-5(6,7)8/h3-4H,2H2,1H3/b4-3-. The molecule has 0 saturated carbocycles. The third kappa shape index (κ3) is 7.33. The normalized spacial score (nSPS) is 12.4. The third-order valence-corrected chi connectivity index (χ3v) is 0.520. The van der Waals surface area contributed by atoms with E-state index < -0.39 is 6.18 Å². The summed E-state index contributed by atoms with van der Waals surface area (Å²) in [6.45, 7) is 1.87. The summed E-state index contributed by atoms with van der Waals surface area (Å²) in [6.07, 6.45) is -3.56. The third-order valence-electron chi connectivity index (χ3n) is 0.520. The van der Waals surface area contributed by atoms with Gasteiger partial charge in [0, 0.05) is 0 Å². The Morgan fingerprint density at radius 2 is 2.00 bits per heavy atom. The number of hydrogen-bond donors (Lipinski definition) is 0. The Hall–Kier alpha value is -0.670. The lowest BCUT2D eigenvalue weighted by atomic mass is 10.6. The van der Waals surface area contributed by atoms with Crippen molar-refractivity contribution in [2.24, 2.45) is 0 Å². The predicted octanol–water partition coefficient (Wildman–Crippen LogP) is 2.10. The molecular formula is C5H7F3O. The molecule has 0 aromatic rings. The molecule has 0 saturated heterocycles. The van der Waals surface area contributed by atoms with Crippen molar-refractivity contribution >= 4 is 0 Å². The van der Waals surface area contributed by atoms with Gasteiger partial charge in [-0.15, -0.1) is 0 Å². The highest BCUT2D eigenvalue weighted by Gasteiger charge is 2.21. The van der Waals surface area contributed by atoms with Gasteiger partial charge in [0.05, 0.1) is 18.9 Å². The van der Waals surface area contributed by atoms with E-state index in [0.29, 0.717) is 6.26 Å². The van der Waals surface area contributed by atoms with Crippen LogP contribution in [0.4, 0.5) is 13.2 Å². The van der Waals surface area contributed by atoms with E-state index in [1.165, 1.54) is 0 Å². The van der Waals surface area contributed by atoms with E-state index in [2.05, 4.69) is 4.74 Å². The van der Waals surface area contributed by atoms with Gasteiger partial charge in [-0.2, -0.15) is 13.2 Å². The molecule has 0 bridgehead atoms. The van der Waals surface area contributed by atoms with Crippen LogP contribution in [0.1, 0.15) is 6.92 Å². The molecule has 0 unspecified atom stereocenters. The van der Waals surface area contributed by atoms with E-state index in [0.717, 1.165) is 0 Å². The van der Waals surface area contributed by atoms with Crippen molar-refractivity contribution in [1.82, 2.24) is 0 Å². The van der Waals surface area contributed by atoms with Crippen molar-refractivity contribution in [2.75, 3.05) is 6.61 Å². The monoisotopic (exact) mass is 140 g/mol. The number of halogens is 3. The van der Waals surface area contributed by atoms with Crippen LogP contribution >= 0.6 is 0 Å². The second kappa shape index (κ2) is 3.37. The molecule has 0 aliphatic heterocycles. The summed E-state index contributed by atoms with van der Waals surface area (Å²) in [5.41, 5.74) is 0. The second-order valence-electron chi connectivity index (χ2n) is 1.30. The number of alkyl halides is 3. The summed E-state index contributed by atoms with van der Waals surface area (Å²) < 4.78 is 37.9. The van der Waals surface area contributed by atoms with Crippen molar-refractivity contribution in [2.45, 2.75) is 13.1 Å². The lowest BCUT2D eigenvalue weighted by molar-refractivity contribution is -0.0815. The molecule has 0 rings (SSSR count). The predicted molar refractivity (Wildman–Crippen MR) is 26.8 cm³/mol. The van der Waals surface area contributed by atoms with Gasteiger partial charge >= 0.3 is 6.18 Å². The van der Waals surface area contributed by atoms with Gasteiger partial charge in [-0.05, 0) is 6.92 Å². The van der Waals surface area contributed by atoms with Crippen LogP contribution in [-0.4, -0.2) is 12.8 Å². The molecule has 4 heteroatoms. The zero-order valence-corrected chi connectivity index (χ0v) is 4.90. The van der Waals surface area contributed by atoms with Gasteiger partial charge in [-0.1, -0.05) is 0 Å². The lowest BCUT2D eigenvalue weighted by Crippen LogP contribution is -2.00. The van der Waals surface area contributed by atoms with E-state index in [1.807, 2.05) is 0 Å². The first-order chi connectivity index (χ1) is 4.06. The first-order valence-electron chi connectivity index (χ1n) is 2.42. The number of hydrogen-bond acceptors (Lipinski definition) is 1. The van der Waals surface area contributed by atoms with Gasteiger partial charge in [0.2, 0.25) is 0 Å². The minimum absolute atomic E-state index is 0.0521. The summed E-state index contributed by atoms with van der Waals surface area (Å²) in [4.78, 5) is 0. The minimum atomic E-state index is -4.25. The number of ether oxygens (including phenoxy) is 1. The fourth-order valence-corrected chi connectivity index (χ4v) is 0.221. The van der Waals surface area contributed by atoms with E-state index in [-0.39, 0.29) is 12.7 Å². The van der Waals surface area contributed by atoms with Crippen molar-refractivity contribution in [3.8, 4) is 0 Å². The Kier molecular flexibility index (Phi) is 3.12. The molecule has 0 aromatic carbocycles. The summed E-state index contributed by atoms with van der Waals surface area (Å²) in [5.74, 6) is 0. The molecule has 0 aromatic heterocycles. The van der Waals surface area contributed by atoms with Crippen LogP contribution in [-0.2, 0) is 4.74 Å². The molecule has 9 heavy (non-hydrogen) atoms. The highest BCUT2D eigenvalue weighted by atomic mass is 19.4. The molecule has 0 N–H and O–H groups in total. The van der Waals surface area contributed by atoms with Gasteiger partial charge in [0.1, 0.15) is 0 Å². The SMILES string of the molecule is CCO/C=C\C(F)(F)F. The highest BCUT2D eigenvalue weighted by Crippen LogP contribution is 2.15. The van der Waals surface area contributed by atoms with E-state index >= 15 is 0 Å². The molecule has 0 radical (unpaired) electrons. The van der Waals surface area contributed by atoms with E-state index in [1.54, 1.807) is 6.92 Å². The summed E-state index contributed by atoms with van der Waals surface area (Å²) in [6, 6.07) is 0. The van der Waals surface area contributed by atoms with Crippen molar-refractivity contribution in [3.63, 3.8) is 0 Å². The Morgan fingerprint density at radius 1 is 1.44 bits per heavy atom. The van der Waals surface area contributed by atoms with Crippen molar-refractivity contribution < 1.29 is 17.9 Å². The molecule has 54 valence electrons. The average Bonchev–Trinajstić information content (AvgIpc) is 1.63. The smallest absolute Gasteiger partial charge is 0.412 e. The lowest BCUT2D eigenvalue weighted by Gasteiger charge is -1.96. The Balaban J connectivity index is 3.45. The Labute approximate surface area is 51.1 Å². The zero-order valence-electron chi connectivity index (χ0n) is 4.90. The topological polar surface area (TPSA) is 9.23 Å². The van der Waals surface area contributed by atoms with Gasteiger partial charge < -0.3 is 4.74 Å². The molecule has 0 amide bonds. The molecule has 1 nitrogen and oxygen atoms in total. The number of rotatable bonds is 2. The average molecular weight is 140 g/mol. The van der Waals surface area contributed by atoms with Gasteiger partial charge in [0.15, 0.2) is 0 Å². The van der Waals surface area contributed by atoms with Crippen molar-refractivity contribution in [1.29, 1.82) is 0 Å². The maximum absolute atomic E-state index is 11.2. The fourth-order valence-electron chi connectivity index (χ4n) is 0.221. The van der Waals surface area contributed by atoms with E-state index in [4.69, 9.17) is 0 Å². The quantitative estimate of drug-likeness (QED) is 0.533. The highest BCUT2D eigenvalue weighted by molar-refractivity contribution is 4.81. The summed E-state index contributed by atoms with van der Waals surface area (Å²) in [5, 5.41) is 0. The minimum Gasteiger partial charge on any atom is -0.501 e. The molecular weight excluding hydrogens is 133 g/mol. The number of allylic oxidation sites excluding steroid dienone is 1. The van der Waals surface area contributed by atoms with Gasteiger partial charge in [-0.3, -0.25) is 0 Å². The van der Waals surface area contributed by atoms with Gasteiger partial charge in [-0.25, -0.2) is 0 Å². The van der Waals surface area contributed by atoms with E-state index in [9.17, 15) is 13.2 Å². The van der Waals surface area contributed by atoms with Crippen LogP contribution in [0.2, 0.25) is 0 Å². The van der Waals surface area contributed by atoms with Gasteiger partial charge in [0.25, 0.3) is 0 Å². The fraction of sp³-hybridized carbons (Fsp3) is 0.600. The van der Waals surface area contributed by atoms with Crippen LogP contribution in [0.5, 0.6) is 0 Å². The molecule has 0 spiro atoms. The summed E-state index contributed by atoms with van der Waals surface area (Å²) in [7, 11) is 0. The zero-order chi connectivity index (χ0) is 7.33. The first-order valence-corrected chi connectivity index (χ1v) is 2.42. The maximum atomic E-state index is 11.2. The Morgan fingerprint density at radius 3 is 2.33 bits per heavy atom. The summed E-state index contributed by atoms with van der Waals surface area (Å²) >= 11 is 0. The Bertz CT molecular complexity index is 94.9. The molecule has 0 aliphatic rings.